The summed E-state index contributed by atoms with van der Waals surface area (Å²) in [6.07, 6.45) is -2.80. The van der Waals surface area contributed by atoms with Crippen LogP contribution in [0.25, 0.3) is 10.2 Å². The van der Waals surface area contributed by atoms with Crippen LogP contribution in [-0.4, -0.2) is 27.4 Å². The largest absolute Gasteiger partial charge is 0.481 e. The zero-order chi connectivity index (χ0) is 22.2. The predicted octanol–water partition coefficient (Wildman–Crippen LogP) is 5.33. The zero-order valence-corrected chi connectivity index (χ0v) is 17.9. The maximum absolute atomic E-state index is 13.3. The molecule has 4 aromatic rings. The molecule has 0 radical (unpaired) electrons. The monoisotopic (exact) mass is 464 g/mol. The van der Waals surface area contributed by atoms with Crippen molar-refractivity contribution >= 4 is 44.7 Å². The van der Waals surface area contributed by atoms with E-state index in [-0.39, 0.29) is 17.8 Å². The molecule has 0 aliphatic carbocycles. The molecule has 160 valence electrons. The van der Waals surface area contributed by atoms with Gasteiger partial charge in [0.05, 0.1) is 51.0 Å². The van der Waals surface area contributed by atoms with Crippen LogP contribution in [0.5, 0.6) is 5.88 Å². The van der Waals surface area contributed by atoms with Crippen LogP contribution in [-0.2, 0) is 12.6 Å². The summed E-state index contributed by atoms with van der Waals surface area (Å²) in [7, 11) is 1.49. The molecule has 1 aromatic carbocycles. The first-order chi connectivity index (χ1) is 14.8. The number of hydrogen-bond donors (Lipinski definition) is 1. The summed E-state index contributed by atoms with van der Waals surface area (Å²) in [5.74, 6) is 0.0476. The summed E-state index contributed by atoms with van der Waals surface area (Å²) in [4.78, 5) is 21.7. The topological polar surface area (TPSA) is 77.0 Å². The van der Waals surface area contributed by atoms with Crippen molar-refractivity contribution in [2.24, 2.45) is 0 Å². The molecule has 3 heterocycles. The fraction of sp³-hybridized carbons (Fsp3) is 0.200. The van der Waals surface area contributed by atoms with Crippen molar-refractivity contribution in [3.8, 4) is 5.88 Å². The molecule has 0 aliphatic heterocycles. The summed E-state index contributed by atoms with van der Waals surface area (Å²) in [6.45, 7) is 1.71. The molecule has 1 N–H and O–H groups in total. The Morgan fingerprint density at radius 1 is 1.23 bits per heavy atom. The maximum Gasteiger partial charge on any atom is 0.418 e. The molecule has 0 bridgehead atoms. The van der Waals surface area contributed by atoms with Gasteiger partial charge in [0.2, 0.25) is 5.88 Å². The molecule has 0 spiro atoms. The van der Waals surface area contributed by atoms with E-state index in [4.69, 9.17) is 4.74 Å². The normalized spacial score (nSPS) is 11.6. The van der Waals surface area contributed by atoms with Crippen molar-refractivity contribution in [2.75, 3.05) is 12.4 Å². The maximum atomic E-state index is 13.3. The number of amides is 1. The first-order valence-electron chi connectivity index (χ1n) is 8.98. The van der Waals surface area contributed by atoms with Crippen molar-refractivity contribution in [1.82, 2.24) is 14.3 Å². The van der Waals surface area contributed by atoms with E-state index in [1.54, 1.807) is 25.1 Å². The molecular formula is C20H15F3N4O2S2. The lowest BCUT2D eigenvalue weighted by Gasteiger charge is -2.07. The van der Waals surface area contributed by atoms with Crippen LogP contribution in [0.1, 0.15) is 31.5 Å². The zero-order valence-electron chi connectivity index (χ0n) is 16.3. The quantitative estimate of drug-likeness (QED) is 0.432. The Balaban J connectivity index is 1.61. The third-order valence-corrected chi connectivity index (χ3v) is 6.40. The van der Waals surface area contributed by atoms with Gasteiger partial charge >= 0.3 is 6.18 Å². The number of pyridine rings is 1. The number of fused-ring (bicyclic) bond motifs is 1. The van der Waals surface area contributed by atoms with Crippen LogP contribution in [0.2, 0.25) is 0 Å². The minimum Gasteiger partial charge on any atom is -0.481 e. The number of aryl methyl sites for hydroxylation is 1. The van der Waals surface area contributed by atoms with Crippen molar-refractivity contribution in [1.29, 1.82) is 0 Å². The number of nitrogens with zero attached hydrogens (tertiary/aromatic N) is 3. The van der Waals surface area contributed by atoms with E-state index in [1.165, 1.54) is 30.7 Å². The van der Waals surface area contributed by atoms with Crippen LogP contribution >= 0.6 is 22.9 Å². The van der Waals surface area contributed by atoms with Gasteiger partial charge < -0.3 is 10.1 Å². The molecular weight excluding hydrogens is 449 g/mol. The number of aromatic nitrogens is 3. The lowest BCUT2D eigenvalue weighted by molar-refractivity contribution is -0.136. The van der Waals surface area contributed by atoms with Crippen LogP contribution in [0, 0.1) is 6.92 Å². The predicted molar refractivity (Wildman–Crippen MR) is 113 cm³/mol. The first kappa shape index (κ1) is 21.2. The molecule has 11 heteroatoms. The van der Waals surface area contributed by atoms with Gasteiger partial charge in [-0.25, -0.2) is 9.97 Å². The lowest BCUT2D eigenvalue weighted by Crippen LogP contribution is -2.14. The number of para-hydroxylation sites is 1. The van der Waals surface area contributed by atoms with E-state index in [0.717, 1.165) is 17.6 Å². The summed E-state index contributed by atoms with van der Waals surface area (Å²) < 4.78 is 49.5. The number of alkyl halides is 3. The third-order valence-electron chi connectivity index (χ3n) is 4.44. The molecule has 0 saturated heterocycles. The SMILES string of the molecule is COc1ccc(NC(=O)c2c(C)nsc2Cc2nc3c(C(F)(F)F)cccc3s2)cn1. The Labute approximate surface area is 182 Å². The average molecular weight is 464 g/mol. The molecule has 4 rings (SSSR count). The van der Waals surface area contributed by atoms with Gasteiger partial charge in [-0.05, 0) is 36.7 Å². The van der Waals surface area contributed by atoms with Gasteiger partial charge in [-0.3, -0.25) is 4.79 Å². The molecule has 0 unspecified atom stereocenters. The minimum absolute atomic E-state index is 0.0773. The van der Waals surface area contributed by atoms with E-state index in [9.17, 15) is 18.0 Å². The molecule has 0 saturated carbocycles. The van der Waals surface area contributed by atoms with Crippen LogP contribution in [0.3, 0.4) is 0 Å². The number of thiazole rings is 1. The summed E-state index contributed by atoms with van der Waals surface area (Å²) in [6, 6.07) is 7.27. The van der Waals surface area contributed by atoms with Gasteiger partial charge in [0.25, 0.3) is 5.91 Å². The van der Waals surface area contributed by atoms with Gasteiger partial charge in [-0.2, -0.15) is 17.5 Å². The Kier molecular flexibility index (Phi) is 5.63. The second kappa shape index (κ2) is 8.23. The number of rotatable bonds is 5. The fourth-order valence-corrected chi connectivity index (χ4v) is 5.00. The molecule has 3 aromatic heterocycles. The van der Waals surface area contributed by atoms with E-state index >= 15 is 0 Å². The highest BCUT2D eigenvalue weighted by molar-refractivity contribution is 7.18. The number of anilines is 1. The summed E-state index contributed by atoms with van der Waals surface area (Å²) in [5.41, 5.74) is 0.564. The number of carbonyl (C=O) groups excluding carboxylic acids is 1. The van der Waals surface area contributed by atoms with Crippen LogP contribution in [0.15, 0.2) is 36.5 Å². The molecule has 0 aliphatic rings. The molecule has 1 amide bonds. The van der Waals surface area contributed by atoms with Crippen molar-refractivity contribution < 1.29 is 22.7 Å². The number of hydrogen-bond acceptors (Lipinski definition) is 7. The van der Waals surface area contributed by atoms with Crippen molar-refractivity contribution in [2.45, 2.75) is 19.5 Å². The number of ether oxygens (including phenoxy) is 1. The molecule has 6 nitrogen and oxygen atoms in total. The van der Waals surface area contributed by atoms with Gasteiger partial charge in [0, 0.05) is 17.4 Å². The Hall–Kier alpha value is -3.05. The second-order valence-corrected chi connectivity index (χ2v) is 8.52. The second-order valence-electron chi connectivity index (χ2n) is 6.54. The Morgan fingerprint density at radius 3 is 2.71 bits per heavy atom. The molecule has 0 atom stereocenters. The number of nitrogens with one attached hydrogen (secondary N) is 1. The average Bonchev–Trinajstić information content (AvgIpc) is 3.30. The summed E-state index contributed by atoms with van der Waals surface area (Å²) in [5, 5.41) is 3.24. The van der Waals surface area contributed by atoms with Crippen molar-refractivity contribution in [3.05, 3.63) is 63.2 Å². The first-order valence-corrected chi connectivity index (χ1v) is 10.6. The number of methoxy groups -OCH3 is 1. The van der Waals surface area contributed by atoms with E-state index in [1.807, 2.05) is 0 Å². The number of halogens is 3. The van der Waals surface area contributed by atoms with E-state index in [0.29, 0.717) is 37.4 Å². The van der Waals surface area contributed by atoms with Crippen molar-refractivity contribution in [3.63, 3.8) is 0 Å². The Morgan fingerprint density at radius 2 is 2.03 bits per heavy atom. The highest BCUT2D eigenvalue weighted by atomic mass is 32.1. The van der Waals surface area contributed by atoms with Gasteiger partial charge in [-0.1, -0.05) is 6.07 Å². The highest BCUT2D eigenvalue weighted by Gasteiger charge is 2.33. The standard InChI is InChI=1S/C20H15F3N4O2S2/c1-10-17(19(28)25-11-6-7-15(29-2)24-9-11)14(31-27-10)8-16-26-18-12(20(21,22)23)4-3-5-13(18)30-16/h3-7,9H,8H2,1-2H3,(H,25,28). The van der Waals surface area contributed by atoms with Crippen LogP contribution < -0.4 is 10.1 Å². The van der Waals surface area contributed by atoms with Gasteiger partial charge in [0.1, 0.15) is 0 Å². The molecule has 0 fully saturated rings. The number of benzene rings is 1. The van der Waals surface area contributed by atoms with Gasteiger partial charge in [0.15, 0.2) is 0 Å². The van der Waals surface area contributed by atoms with E-state index < -0.39 is 11.7 Å². The molecule has 31 heavy (non-hydrogen) atoms. The fourth-order valence-electron chi connectivity index (χ4n) is 3.03. The smallest absolute Gasteiger partial charge is 0.418 e. The lowest BCUT2D eigenvalue weighted by atomic mass is 10.1. The summed E-state index contributed by atoms with van der Waals surface area (Å²) >= 11 is 2.31. The van der Waals surface area contributed by atoms with Crippen LogP contribution in [0.4, 0.5) is 18.9 Å². The van der Waals surface area contributed by atoms with Gasteiger partial charge in [-0.15, -0.1) is 11.3 Å². The minimum atomic E-state index is -4.48. The Bertz CT molecular complexity index is 1250. The third kappa shape index (κ3) is 4.37. The van der Waals surface area contributed by atoms with E-state index in [2.05, 4.69) is 19.7 Å². The number of carbonyl (C=O) groups is 1. The highest BCUT2D eigenvalue weighted by Crippen LogP contribution is 2.37.